The molecule has 1 aromatic rings. The number of carbonyl (C=O) groups is 3. The van der Waals surface area contributed by atoms with Crippen molar-refractivity contribution in [3.63, 3.8) is 0 Å². The number of hydrogen-bond donors (Lipinski definition) is 0. The van der Waals surface area contributed by atoms with Crippen LogP contribution in [0.1, 0.15) is 62.8 Å². The summed E-state index contributed by atoms with van der Waals surface area (Å²) in [6.45, 7) is 9.50. The van der Waals surface area contributed by atoms with E-state index in [0.717, 1.165) is 12.8 Å². The molecule has 178 valence electrons. The third-order valence-electron chi connectivity index (χ3n) is 5.89. The van der Waals surface area contributed by atoms with Crippen molar-refractivity contribution in [3.05, 3.63) is 16.1 Å². The number of imidazole rings is 1. The fourth-order valence-corrected chi connectivity index (χ4v) is 4.79. The molecule has 1 aromatic heterocycles. The van der Waals surface area contributed by atoms with Gasteiger partial charge in [-0.2, -0.15) is 0 Å². The Hall–Kier alpha value is -1.94. The van der Waals surface area contributed by atoms with Crippen LogP contribution in [0.15, 0.2) is 4.60 Å². The van der Waals surface area contributed by atoms with E-state index >= 15 is 0 Å². The quantitative estimate of drug-likeness (QED) is 0.556. The summed E-state index contributed by atoms with van der Waals surface area (Å²) in [6.07, 6.45) is 1.13. The minimum Gasteiger partial charge on any atom is -0.464 e. The lowest BCUT2D eigenvalue weighted by molar-refractivity contribution is -0.124. The van der Waals surface area contributed by atoms with Crippen LogP contribution in [0.25, 0.3) is 0 Å². The molecule has 1 amide bonds. The molecule has 2 aliphatic heterocycles. The van der Waals surface area contributed by atoms with E-state index in [4.69, 9.17) is 14.2 Å². The average Bonchev–Trinajstić information content (AvgIpc) is 3.28. The predicted molar refractivity (Wildman–Crippen MR) is 120 cm³/mol. The van der Waals surface area contributed by atoms with Crippen molar-refractivity contribution in [2.45, 2.75) is 58.6 Å². The van der Waals surface area contributed by atoms with Gasteiger partial charge in [0, 0.05) is 38.1 Å². The number of hydrogen-bond acceptors (Lipinski definition) is 7. The van der Waals surface area contributed by atoms with Crippen LogP contribution >= 0.6 is 15.9 Å². The first-order valence-corrected chi connectivity index (χ1v) is 11.7. The van der Waals surface area contributed by atoms with Gasteiger partial charge in [0.2, 0.25) is 0 Å². The first kappa shape index (κ1) is 24.7. The molecular weight excluding hydrogens is 482 g/mol. The number of ketones is 1. The van der Waals surface area contributed by atoms with E-state index in [2.05, 4.69) is 20.9 Å². The first-order chi connectivity index (χ1) is 15.0. The number of methoxy groups -OCH3 is 1. The van der Waals surface area contributed by atoms with Crippen molar-refractivity contribution in [3.8, 4) is 0 Å². The predicted octanol–water partition coefficient (Wildman–Crippen LogP) is 3.40. The molecule has 3 heterocycles. The Morgan fingerprint density at radius 1 is 1.19 bits per heavy atom. The lowest BCUT2D eigenvalue weighted by Gasteiger charge is -2.24. The number of Topliss-reactive ketones (excluding diaryl/α,β-unsaturated/α-hetero) is 1. The Bertz CT molecular complexity index is 872. The molecule has 2 saturated heterocycles. The number of nitrogens with zero attached hydrogens (tertiary/aromatic N) is 3. The van der Waals surface area contributed by atoms with Crippen LogP contribution in [0.2, 0.25) is 0 Å². The summed E-state index contributed by atoms with van der Waals surface area (Å²) < 4.78 is 18.0. The molecule has 0 unspecified atom stereocenters. The van der Waals surface area contributed by atoms with E-state index in [1.807, 2.05) is 27.7 Å². The van der Waals surface area contributed by atoms with Crippen LogP contribution in [0, 0.1) is 11.8 Å². The Labute approximate surface area is 196 Å². The number of ether oxygens (including phenoxy) is 3. The van der Waals surface area contributed by atoms with Crippen LogP contribution in [0.5, 0.6) is 0 Å². The molecule has 0 bridgehead atoms. The largest absolute Gasteiger partial charge is 0.464 e. The fraction of sp³-hybridized carbons (Fsp3) is 0.727. The highest BCUT2D eigenvalue weighted by Crippen LogP contribution is 2.32. The number of esters is 1. The minimum absolute atomic E-state index is 0.00363. The molecular formula is C22H32BrN3O6. The molecule has 0 radical (unpaired) electrons. The number of halogens is 1. The lowest BCUT2D eigenvalue weighted by atomic mass is 9.93. The van der Waals surface area contributed by atoms with E-state index in [0.29, 0.717) is 36.7 Å². The van der Waals surface area contributed by atoms with Gasteiger partial charge in [-0.25, -0.2) is 14.6 Å². The zero-order chi connectivity index (χ0) is 23.6. The molecule has 2 fully saturated rings. The maximum absolute atomic E-state index is 13.3. The number of likely N-dealkylation sites (tertiary alicyclic amines) is 1. The summed E-state index contributed by atoms with van der Waals surface area (Å²) in [6, 6.07) is 0. The highest BCUT2D eigenvalue weighted by Gasteiger charge is 2.39. The van der Waals surface area contributed by atoms with Crippen LogP contribution in [0.3, 0.4) is 0 Å². The molecule has 0 N–H and O–H groups in total. The Kier molecular flexibility index (Phi) is 7.65. The summed E-state index contributed by atoms with van der Waals surface area (Å²) >= 11 is 3.46. The molecule has 2 atom stereocenters. The van der Waals surface area contributed by atoms with Crippen LogP contribution < -0.4 is 0 Å². The third kappa shape index (κ3) is 5.51. The summed E-state index contributed by atoms with van der Waals surface area (Å²) in [5.74, 6) is -0.105. The van der Waals surface area contributed by atoms with Crippen molar-refractivity contribution in [1.82, 2.24) is 14.5 Å². The number of rotatable bonds is 5. The summed E-state index contributed by atoms with van der Waals surface area (Å²) in [5, 5.41) is 0. The first-order valence-electron chi connectivity index (χ1n) is 10.9. The van der Waals surface area contributed by atoms with E-state index in [-0.39, 0.29) is 35.8 Å². The van der Waals surface area contributed by atoms with Gasteiger partial charge >= 0.3 is 12.1 Å². The molecule has 9 nitrogen and oxygen atoms in total. The molecule has 0 spiro atoms. The monoisotopic (exact) mass is 513 g/mol. The summed E-state index contributed by atoms with van der Waals surface area (Å²) in [7, 11) is 1.30. The second-order valence-corrected chi connectivity index (χ2v) is 10.3. The zero-order valence-corrected chi connectivity index (χ0v) is 20.9. The van der Waals surface area contributed by atoms with Crippen LogP contribution in [-0.2, 0) is 25.5 Å². The van der Waals surface area contributed by atoms with Gasteiger partial charge in [0.15, 0.2) is 11.5 Å². The maximum atomic E-state index is 13.3. The highest BCUT2D eigenvalue weighted by atomic mass is 79.9. The molecule has 32 heavy (non-hydrogen) atoms. The van der Waals surface area contributed by atoms with Gasteiger partial charge in [0.1, 0.15) is 16.0 Å². The van der Waals surface area contributed by atoms with Gasteiger partial charge in [0.25, 0.3) is 0 Å². The van der Waals surface area contributed by atoms with Gasteiger partial charge in [-0.15, -0.1) is 0 Å². The molecule has 0 aromatic carbocycles. The molecule has 10 heteroatoms. The van der Waals surface area contributed by atoms with Gasteiger partial charge < -0.3 is 23.7 Å². The SMILES string of the molecule is COC(=O)c1nc(C2CCOCC2)n(CC(=O)[C@@H]2CN(C(=O)OC(C)(C)C)C[C@H]2C)c1Br. The molecule has 0 saturated carbocycles. The topological polar surface area (TPSA) is 100.0 Å². The van der Waals surface area contributed by atoms with Crippen LogP contribution in [0.4, 0.5) is 4.79 Å². The summed E-state index contributed by atoms with van der Waals surface area (Å²) in [5.41, 5.74) is -0.427. The van der Waals surface area contributed by atoms with Gasteiger partial charge in [-0.3, -0.25) is 4.79 Å². The van der Waals surface area contributed by atoms with E-state index in [1.54, 1.807) is 9.47 Å². The number of aromatic nitrogens is 2. The Morgan fingerprint density at radius 3 is 2.44 bits per heavy atom. The lowest BCUT2D eigenvalue weighted by Crippen LogP contribution is -2.36. The normalized spacial score (nSPS) is 22.1. The smallest absolute Gasteiger partial charge is 0.410 e. The Balaban J connectivity index is 1.80. The minimum atomic E-state index is -0.590. The van der Waals surface area contributed by atoms with Gasteiger partial charge in [-0.05, 0) is 55.5 Å². The molecule has 3 rings (SSSR count). The highest BCUT2D eigenvalue weighted by molar-refractivity contribution is 9.10. The van der Waals surface area contributed by atoms with Crippen molar-refractivity contribution < 1.29 is 28.6 Å². The Morgan fingerprint density at radius 2 is 1.84 bits per heavy atom. The number of carbonyl (C=O) groups excluding carboxylic acids is 3. The summed E-state index contributed by atoms with van der Waals surface area (Å²) in [4.78, 5) is 44.1. The maximum Gasteiger partial charge on any atom is 0.410 e. The van der Waals surface area contributed by atoms with Crippen molar-refractivity contribution in [2.24, 2.45) is 11.8 Å². The van der Waals surface area contributed by atoms with Gasteiger partial charge in [-0.1, -0.05) is 6.92 Å². The average molecular weight is 514 g/mol. The van der Waals surface area contributed by atoms with Crippen LogP contribution in [-0.4, -0.2) is 71.3 Å². The third-order valence-corrected chi connectivity index (χ3v) is 6.70. The molecule has 2 aliphatic rings. The van der Waals surface area contributed by atoms with E-state index < -0.39 is 17.7 Å². The van der Waals surface area contributed by atoms with Crippen molar-refractivity contribution >= 4 is 33.8 Å². The zero-order valence-electron chi connectivity index (χ0n) is 19.4. The standard InChI is InChI=1S/C22H32BrN3O6/c1-13-10-25(21(29)32-22(2,3)4)11-15(13)16(27)12-26-18(23)17(20(28)30-5)24-19(26)14-6-8-31-9-7-14/h13-15H,6-12H2,1-5H3/t13-,15-/m1/s1. The molecule has 0 aliphatic carbocycles. The van der Waals surface area contributed by atoms with Crippen molar-refractivity contribution in [1.29, 1.82) is 0 Å². The fourth-order valence-electron chi connectivity index (χ4n) is 4.23. The second-order valence-electron chi connectivity index (χ2n) is 9.51. The van der Waals surface area contributed by atoms with Gasteiger partial charge in [0.05, 0.1) is 13.7 Å². The van der Waals surface area contributed by atoms with E-state index in [9.17, 15) is 14.4 Å². The second kappa shape index (κ2) is 9.91. The van der Waals surface area contributed by atoms with Crippen molar-refractivity contribution in [2.75, 3.05) is 33.4 Å². The number of amides is 1. The van der Waals surface area contributed by atoms with E-state index in [1.165, 1.54) is 7.11 Å².